The SMILES string of the molecule is N#Cc1cccc(CSCC(=O)Nc2ccc(Cl)cc2)c1. The molecule has 0 aliphatic heterocycles. The molecule has 0 spiro atoms. The van der Waals surface area contributed by atoms with E-state index >= 15 is 0 Å². The Bertz CT molecular complexity index is 665. The van der Waals surface area contributed by atoms with E-state index in [0.29, 0.717) is 22.1 Å². The van der Waals surface area contributed by atoms with Crippen molar-refractivity contribution in [2.24, 2.45) is 0 Å². The lowest BCUT2D eigenvalue weighted by atomic mass is 10.2. The largest absolute Gasteiger partial charge is 0.325 e. The quantitative estimate of drug-likeness (QED) is 0.904. The van der Waals surface area contributed by atoms with E-state index in [4.69, 9.17) is 16.9 Å². The molecule has 0 aliphatic carbocycles. The molecule has 0 fully saturated rings. The number of halogens is 1. The van der Waals surface area contributed by atoms with Gasteiger partial charge in [-0.25, -0.2) is 0 Å². The molecule has 2 aromatic rings. The summed E-state index contributed by atoms with van der Waals surface area (Å²) in [7, 11) is 0. The van der Waals surface area contributed by atoms with E-state index in [9.17, 15) is 4.79 Å². The predicted octanol–water partition coefficient (Wildman–Crippen LogP) is 4.08. The average molecular weight is 317 g/mol. The smallest absolute Gasteiger partial charge is 0.234 e. The molecule has 0 unspecified atom stereocenters. The fourth-order valence-electron chi connectivity index (χ4n) is 1.72. The minimum atomic E-state index is -0.0567. The van der Waals surface area contributed by atoms with Crippen LogP contribution in [0.25, 0.3) is 0 Å². The second-order valence-electron chi connectivity index (χ2n) is 4.36. The minimum Gasteiger partial charge on any atom is -0.325 e. The monoisotopic (exact) mass is 316 g/mol. The maximum atomic E-state index is 11.8. The van der Waals surface area contributed by atoms with Crippen LogP contribution in [0, 0.1) is 11.3 Å². The molecule has 0 aliphatic rings. The van der Waals surface area contributed by atoms with E-state index in [1.165, 1.54) is 11.8 Å². The van der Waals surface area contributed by atoms with Crippen molar-refractivity contribution in [2.75, 3.05) is 11.1 Å². The van der Waals surface area contributed by atoms with Gasteiger partial charge in [-0.2, -0.15) is 5.26 Å². The summed E-state index contributed by atoms with van der Waals surface area (Å²) < 4.78 is 0. The van der Waals surface area contributed by atoms with Gasteiger partial charge in [-0.05, 0) is 42.0 Å². The molecule has 5 heteroatoms. The Morgan fingerprint density at radius 1 is 1.24 bits per heavy atom. The molecule has 1 amide bonds. The molecule has 21 heavy (non-hydrogen) atoms. The first-order chi connectivity index (χ1) is 10.2. The zero-order chi connectivity index (χ0) is 15.1. The molecule has 2 rings (SSSR count). The number of benzene rings is 2. The molecule has 0 heterocycles. The van der Waals surface area contributed by atoms with Gasteiger partial charge in [0.15, 0.2) is 0 Å². The highest BCUT2D eigenvalue weighted by Crippen LogP contribution is 2.16. The first kappa shape index (κ1) is 15.4. The van der Waals surface area contributed by atoms with Crippen molar-refractivity contribution in [1.82, 2.24) is 0 Å². The van der Waals surface area contributed by atoms with Crippen LogP contribution in [-0.2, 0) is 10.5 Å². The summed E-state index contributed by atoms with van der Waals surface area (Å²) in [6.07, 6.45) is 0. The number of hydrogen-bond donors (Lipinski definition) is 1. The van der Waals surface area contributed by atoms with Crippen molar-refractivity contribution in [3.05, 3.63) is 64.7 Å². The van der Waals surface area contributed by atoms with Crippen LogP contribution in [0.2, 0.25) is 5.02 Å². The van der Waals surface area contributed by atoms with Gasteiger partial charge in [0.1, 0.15) is 0 Å². The van der Waals surface area contributed by atoms with Gasteiger partial charge in [0.25, 0.3) is 0 Å². The molecule has 106 valence electrons. The third kappa shape index (κ3) is 5.14. The number of carbonyl (C=O) groups excluding carboxylic acids is 1. The summed E-state index contributed by atoms with van der Waals surface area (Å²) in [5.41, 5.74) is 2.41. The maximum Gasteiger partial charge on any atom is 0.234 e. The van der Waals surface area contributed by atoms with E-state index < -0.39 is 0 Å². The van der Waals surface area contributed by atoms with Crippen molar-refractivity contribution >= 4 is 35.0 Å². The Labute approximate surface area is 132 Å². The van der Waals surface area contributed by atoms with Crippen LogP contribution in [0.5, 0.6) is 0 Å². The van der Waals surface area contributed by atoms with E-state index in [1.807, 2.05) is 18.2 Å². The first-order valence-electron chi connectivity index (χ1n) is 6.29. The van der Waals surface area contributed by atoms with Crippen molar-refractivity contribution in [3.63, 3.8) is 0 Å². The Balaban J connectivity index is 1.79. The van der Waals surface area contributed by atoms with Gasteiger partial charge >= 0.3 is 0 Å². The lowest BCUT2D eigenvalue weighted by Crippen LogP contribution is -2.14. The zero-order valence-electron chi connectivity index (χ0n) is 11.2. The molecule has 0 radical (unpaired) electrons. The summed E-state index contributed by atoms with van der Waals surface area (Å²) >= 11 is 7.29. The van der Waals surface area contributed by atoms with Crippen molar-refractivity contribution in [3.8, 4) is 6.07 Å². The van der Waals surface area contributed by atoms with E-state index in [-0.39, 0.29) is 5.91 Å². The number of carbonyl (C=O) groups is 1. The van der Waals surface area contributed by atoms with Crippen LogP contribution in [0.15, 0.2) is 48.5 Å². The Kier molecular flexibility index (Phi) is 5.68. The molecule has 0 saturated heterocycles. The molecule has 0 aromatic heterocycles. The summed E-state index contributed by atoms with van der Waals surface area (Å²) in [5.74, 6) is 1.00. The third-order valence-corrected chi connectivity index (χ3v) is 3.94. The second-order valence-corrected chi connectivity index (χ2v) is 5.78. The topological polar surface area (TPSA) is 52.9 Å². The number of nitriles is 1. The van der Waals surface area contributed by atoms with Gasteiger partial charge in [-0.15, -0.1) is 11.8 Å². The number of anilines is 1. The average Bonchev–Trinajstić information content (AvgIpc) is 2.50. The molecule has 1 N–H and O–H groups in total. The molecule has 0 saturated carbocycles. The fourth-order valence-corrected chi connectivity index (χ4v) is 2.62. The molecule has 2 aromatic carbocycles. The van der Waals surface area contributed by atoms with Gasteiger partial charge in [0, 0.05) is 16.5 Å². The van der Waals surface area contributed by atoms with Crippen molar-refractivity contribution < 1.29 is 4.79 Å². The summed E-state index contributed by atoms with van der Waals surface area (Å²) in [6, 6.07) is 16.5. The van der Waals surface area contributed by atoms with Crippen LogP contribution < -0.4 is 5.32 Å². The van der Waals surface area contributed by atoms with Crippen LogP contribution in [0.4, 0.5) is 5.69 Å². The van der Waals surface area contributed by atoms with E-state index in [0.717, 1.165) is 11.3 Å². The first-order valence-corrected chi connectivity index (χ1v) is 7.83. The zero-order valence-corrected chi connectivity index (χ0v) is 12.7. The normalized spacial score (nSPS) is 9.90. The second kappa shape index (κ2) is 7.72. The van der Waals surface area contributed by atoms with Gasteiger partial charge in [0.2, 0.25) is 5.91 Å². The maximum absolute atomic E-state index is 11.8. The molecule has 0 bridgehead atoms. The van der Waals surface area contributed by atoms with Crippen LogP contribution in [-0.4, -0.2) is 11.7 Å². The Morgan fingerprint density at radius 2 is 2.00 bits per heavy atom. The number of nitrogens with zero attached hydrogens (tertiary/aromatic N) is 1. The van der Waals surface area contributed by atoms with Gasteiger partial charge < -0.3 is 5.32 Å². The van der Waals surface area contributed by atoms with Gasteiger partial charge in [0.05, 0.1) is 17.4 Å². The Morgan fingerprint density at radius 3 is 2.71 bits per heavy atom. The number of hydrogen-bond acceptors (Lipinski definition) is 3. The highest BCUT2D eigenvalue weighted by molar-refractivity contribution is 7.99. The minimum absolute atomic E-state index is 0.0567. The standard InChI is InChI=1S/C16H13ClN2OS/c17-14-4-6-15(7-5-14)19-16(20)11-21-10-13-3-1-2-12(8-13)9-18/h1-8H,10-11H2,(H,19,20). The molecule has 3 nitrogen and oxygen atoms in total. The highest BCUT2D eigenvalue weighted by atomic mass is 35.5. The van der Waals surface area contributed by atoms with E-state index in [1.54, 1.807) is 30.3 Å². The summed E-state index contributed by atoms with van der Waals surface area (Å²) in [6.45, 7) is 0. The number of rotatable bonds is 5. The Hall–Kier alpha value is -1.96. The summed E-state index contributed by atoms with van der Waals surface area (Å²) in [5, 5.41) is 12.3. The third-order valence-electron chi connectivity index (χ3n) is 2.69. The fraction of sp³-hybridized carbons (Fsp3) is 0.125. The predicted molar refractivity (Wildman–Crippen MR) is 87.4 cm³/mol. The van der Waals surface area contributed by atoms with Crippen LogP contribution in [0.1, 0.15) is 11.1 Å². The van der Waals surface area contributed by atoms with Gasteiger partial charge in [-0.1, -0.05) is 23.7 Å². The van der Waals surface area contributed by atoms with Crippen molar-refractivity contribution in [1.29, 1.82) is 5.26 Å². The summed E-state index contributed by atoms with van der Waals surface area (Å²) in [4.78, 5) is 11.8. The number of amides is 1. The van der Waals surface area contributed by atoms with E-state index in [2.05, 4.69) is 11.4 Å². The molecular formula is C16H13ClN2OS. The van der Waals surface area contributed by atoms with Crippen LogP contribution in [0.3, 0.4) is 0 Å². The molecule has 0 atom stereocenters. The lowest BCUT2D eigenvalue weighted by Gasteiger charge is -2.05. The highest BCUT2D eigenvalue weighted by Gasteiger charge is 2.03. The number of nitrogens with one attached hydrogen (secondary N) is 1. The van der Waals surface area contributed by atoms with Gasteiger partial charge in [-0.3, -0.25) is 4.79 Å². The van der Waals surface area contributed by atoms with Crippen molar-refractivity contribution in [2.45, 2.75) is 5.75 Å². The molecular weight excluding hydrogens is 304 g/mol. The lowest BCUT2D eigenvalue weighted by molar-refractivity contribution is -0.113. The van der Waals surface area contributed by atoms with Crippen LogP contribution >= 0.6 is 23.4 Å². The number of thioether (sulfide) groups is 1.